The van der Waals surface area contributed by atoms with Crippen LogP contribution in [-0.4, -0.2) is 32.1 Å². The zero-order valence-electron chi connectivity index (χ0n) is 10.2. The van der Waals surface area contributed by atoms with Gasteiger partial charge in [-0.05, 0) is 37.1 Å². The number of benzene rings is 1. The highest BCUT2D eigenvalue weighted by Gasteiger charge is 2.27. The van der Waals surface area contributed by atoms with Crippen LogP contribution in [0.25, 0.3) is 0 Å². The molecule has 0 aliphatic heterocycles. The maximum atomic E-state index is 11.9. The molecular weight excluding hydrogens is 270 g/mol. The van der Waals surface area contributed by atoms with E-state index in [0.29, 0.717) is 5.75 Å². The van der Waals surface area contributed by atoms with Crippen LogP contribution in [0.15, 0.2) is 29.2 Å². The number of carbonyl (C=O) groups is 1. The molecule has 1 aliphatic carbocycles. The molecule has 0 radical (unpaired) electrons. The highest BCUT2D eigenvalue weighted by atomic mass is 32.2. The molecule has 1 aliphatic rings. The number of sulfonamides is 1. The van der Waals surface area contributed by atoms with E-state index in [4.69, 9.17) is 9.84 Å². The van der Waals surface area contributed by atoms with Crippen LogP contribution in [-0.2, 0) is 14.8 Å². The average Bonchev–Trinajstić information content (AvgIpc) is 3.12. The summed E-state index contributed by atoms with van der Waals surface area (Å²) < 4.78 is 31.5. The van der Waals surface area contributed by atoms with E-state index in [1.54, 1.807) is 0 Å². The maximum Gasteiger partial charge on any atom is 0.306 e. The van der Waals surface area contributed by atoms with Gasteiger partial charge in [0.05, 0.1) is 17.9 Å². The van der Waals surface area contributed by atoms with Crippen molar-refractivity contribution in [3.8, 4) is 5.75 Å². The summed E-state index contributed by atoms with van der Waals surface area (Å²) in [4.78, 5) is 10.5. The third-order valence-corrected chi connectivity index (χ3v) is 4.15. The molecule has 0 heterocycles. The van der Waals surface area contributed by atoms with Crippen LogP contribution in [0.2, 0.25) is 0 Å². The second kappa shape index (κ2) is 5.58. The average molecular weight is 285 g/mol. The van der Waals surface area contributed by atoms with E-state index < -0.39 is 16.0 Å². The summed E-state index contributed by atoms with van der Waals surface area (Å²) in [5, 5.41) is 8.46. The smallest absolute Gasteiger partial charge is 0.306 e. The zero-order valence-corrected chi connectivity index (χ0v) is 11.0. The van der Waals surface area contributed by atoms with Crippen LogP contribution in [0.3, 0.4) is 0 Å². The second-order valence-corrected chi connectivity index (χ2v) is 6.07. The van der Waals surface area contributed by atoms with Crippen molar-refractivity contribution in [1.82, 2.24) is 4.72 Å². The van der Waals surface area contributed by atoms with Crippen molar-refractivity contribution >= 4 is 16.0 Å². The molecule has 1 fully saturated rings. The largest absolute Gasteiger partial charge is 0.493 e. The summed E-state index contributed by atoms with van der Waals surface area (Å²) >= 11 is 0. The number of carboxylic acids is 1. The third kappa shape index (κ3) is 4.22. The van der Waals surface area contributed by atoms with Crippen molar-refractivity contribution in [3.05, 3.63) is 24.3 Å². The van der Waals surface area contributed by atoms with Gasteiger partial charge in [0.1, 0.15) is 5.75 Å². The SMILES string of the molecule is O=C(O)CCOc1ccc(S(=O)(=O)NC2CC2)cc1. The first kappa shape index (κ1) is 13.8. The Morgan fingerprint density at radius 1 is 1.32 bits per heavy atom. The summed E-state index contributed by atoms with van der Waals surface area (Å²) in [5.74, 6) is -0.487. The summed E-state index contributed by atoms with van der Waals surface area (Å²) in [6.45, 7) is 0.0573. The van der Waals surface area contributed by atoms with E-state index in [0.717, 1.165) is 12.8 Å². The maximum absolute atomic E-state index is 11.9. The van der Waals surface area contributed by atoms with E-state index in [1.807, 2.05) is 0 Å². The molecule has 0 atom stereocenters. The number of rotatable bonds is 7. The van der Waals surface area contributed by atoms with Gasteiger partial charge in [-0.25, -0.2) is 13.1 Å². The van der Waals surface area contributed by atoms with Gasteiger partial charge in [0, 0.05) is 6.04 Å². The fourth-order valence-electron chi connectivity index (χ4n) is 1.46. The molecule has 19 heavy (non-hydrogen) atoms. The summed E-state index contributed by atoms with van der Waals surface area (Å²) in [7, 11) is -3.45. The van der Waals surface area contributed by atoms with E-state index in [-0.39, 0.29) is 24.0 Å². The Balaban J connectivity index is 1.95. The van der Waals surface area contributed by atoms with Crippen LogP contribution < -0.4 is 9.46 Å². The van der Waals surface area contributed by atoms with Crippen molar-refractivity contribution in [2.75, 3.05) is 6.61 Å². The van der Waals surface area contributed by atoms with Crippen molar-refractivity contribution in [3.63, 3.8) is 0 Å². The summed E-state index contributed by atoms with van der Waals surface area (Å²) in [6, 6.07) is 5.99. The number of hydrogen-bond acceptors (Lipinski definition) is 4. The molecule has 6 nitrogen and oxygen atoms in total. The van der Waals surface area contributed by atoms with Crippen molar-refractivity contribution in [2.45, 2.75) is 30.2 Å². The molecule has 0 spiro atoms. The van der Waals surface area contributed by atoms with E-state index in [2.05, 4.69) is 4.72 Å². The minimum atomic E-state index is -3.45. The van der Waals surface area contributed by atoms with Crippen molar-refractivity contribution in [2.24, 2.45) is 0 Å². The third-order valence-electron chi connectivity index (χ3n) is 2.62. The molecule has 0 aromatic heterocycles. The molecule has 0 unspecified atom stereocenters. The van der Waals surface area contributed by atoms with Crippen LogP contribution in [0.4, 0.5) is 0 Å². The van der Waals surface area contributed by atoms with Crippen LogP contribution in [0.5, 0.6) is 5.75 Å². The lowest BCUT2D eigenvalue weighted by molar-refractivity contribution is -0.137. The lowest BCUT2D eigenvalue weighted by Gasteiger charge is -2.07. The molecule has 104 valence electrons. The van der Waals surface area contributed by atoms with Crippen molar-refractivity contribution in [1.29, 1.82) is 0 Å². The van der Waals surface area contributed by atoms with Gasteiger partial charge in [0.2, 0.25) is 10.0 Å². The summed E-state index contributed by atoms with van der Waals surface area (Å²) in [5.41, 5.74) is 0. The minimum absolute atomic E-state index is 0.0573. The summed E-state index contributed by atoms with van der Waals surface area (Å²) in [6.07, 6.45) is 1.68. The van der Waals surface area contributed by atoms with Crippen molar-refractivity contribution < 1.29 is 23.1 Å². The molecule has 0 amide bonds. The highest BCUT2D eigenvalue weighted by Crippen LogP contribution is 2.23. The number of aliphatic carboxylic acids is 1. The van der Waals surface area contributed by atoms with Gasteiger partial charge in [0.15, 0.2) is 0 Å². The normalized spacial score (nSPS) is 15.2. The fourth-order valence-corrected chi connectivity index (χ4v) is 2.76. The first-order valence-electron chi connectivity index (χ1n) is 5.94. The predicted octanol–water partition coefficient (Wildman–Crippen LogP) is 0.981. The second-order valence-electron chi connectivity index (χ2n) is 4.36. The molecular formula is C12H15NO5S. The van der Waals surface area contributed by atoms with E-state index >= 15 is 0 Å². The lowest BCUT2D eigenvalue weighted by Crippen LogP contribution is -2.25. The molecule has 0 bridgehead atoms. The Labute approximate surface area is 111 Å². The van der Waals surface area contributed by atoms with E-state index in [9.17, 15) is 13.2 Å². The Morgan fingerprint density at radius 3 is 2.47 bits per heavy atom. The fraction of sp³-hybridized carbons (Fsp3) is 0.417. The first-order chi connectivity index (χ1) is 8.97. The monoisotopic (exact) mass is 285 g/mol. The lowest BCUT2D eigenvalue weighted by atomic mass is 10.3. The quantitative estimate of drug-likeness (QED) is 0.779. The van der Waals surface area contributed by atoms with Crippen LogP contribution in [0.1, 0.15) is 19.3 Å². The highest BCUT2D eigenvalue weighted by molar-refractivity contribution is 7.89. The van der Waals surface area contributed by atoms with Gasteiger partial charge in [-0.15, -0.1) is 0 Å². The topological polar surface area (TPSA) is 92.7 Å². The van der Waals surface area contributed by atoms with Crippen LogP contribution in [0, 0.1) is 0 Å². The van der Waals surface area contributed by atoms with E-state index in [1.165, 1.54) is 24.3 Å². The Kier molecular flexibility index (Phi) is 4.06. The molecule has 2 rings (SSSR count). The van der Waals surface area contributed by atoms with Crippen LogP contribution >= 0.6 is 0 Å². The zero-order chi connectivity index (χ0) is 13.9. The molecule has 1 aromatic carbocycles. The number of carboxylic acid groups (broad SMARTS) is 1. The van der Waals surface area contributed by atoms with Gasteiger partial charge in [0.25, 0.3) is 0 Å². The standard InChI is InChI=1S/C12H15NO5S/c14-12(15)7-8-18-10-3-5-11(6-4-10)19(16,17)13-9-1-2-9/h3-6,9,13H,1-2,7-8H2,(H,14,15). The minimum Gasteiger partial charge on any atom is -0.493 e. The first-order valence-corrected chi connectivity index (χ1v) is 7.43. The number of ether oxygens (including phenoxy) is 1. The Bertz CT molecular complexity index is 548. The molecule has 1 saturated carbocycles. The molecule has 7 heteroatoms. The molecule has 1 aromatic rings. The van der Waals surface area contributed by atoms with Gasteiger partial charge < -0.3 is 9.84 Å². The number of hydrogen-bond donors (Lipinski definition) is 2. The predicted molar refractivity (Wildman–Crippen MR) is 67.5 cm³/mol. The molecule has 0 saturated heterocycles. The van der Waals surface area contributed by atoms with Gasteiger partial charge in [-0.1, -0.05) is 0 Å². The Morgan fingerprint density at radius 2 is 1.95 bits per heavy atom. The number of nitrogens with one attached hydrogen (secondary N) is 1. The molecule has 2 N–H and O–H groups in total. The Hall–Kier alpha value is -1.60. The van der Waals surface area contributed by atoms with Gasteiger partial charge in [-0.3, -0.25) is 4.79 Å². The van der Waals surface area contributed by atoms with Gasteiger partial charge >= 0.3 is 5.97 Å². The van der Waals surface area contributed by atoms with Gasteiger partial charge in [-0.2, -0.15) is 0 Å².